The van der Waals surface area contributed by atoms with E-state index in [1.807, 2.05) is 0 Å². The van der Waals surface area contributed by atoms with Gasteiger partial charge in [0.15, 0.2) is 0 Å². The fourth-order valence-corrected chi connectivity index (χ4v) is 13.7. The van der Waals surface area contributed by atoms with E-state index in [1.165, 1.54) is 121 Å². The summed E-state index contributed by atoms with van der Waals surface area (Å²) < 4.78 is 0. The highest BCUT2D eigenvalue weighted by Gasteiger charge is 2.38. The highest BCUT2D eigenvalue weighted by Crippen LogP contribution is 2.54. The minimum Gasteiger partial charge on any atom is -0.310 e. The normalized spacial score (nSPS) is 14.1. The zero-order valence-corrected chi connectivity index (χ0v) is 49.0. The van der Waals surface area contributed by atoms with Crippen molar-refractivity contribution < 1.29 is 0 Å². The van der Waals surface area contributed by atoms with Gasteiger partial charge in [0.2, 0.25) is 0 Å². The Bertz CT molecular complexity index is 4280. The number of rotatable bonds is 8. The zero-order chi connectivity index (χ0) is 56.5. The van der Waals surface area contributed by atoms with Gasteiger partial charge in [-0.15, -0.1) is 0 Å². The van der Waals surface area contributed by atoms with Gasteiger partial charge in [0.25, 0.3) is 0 Å². The SMILES string of the molecule is CC(C)(C)c1ccc(N(c2ccc3c(c2)C(C)(C)c2cc(/C=C/c4ccc5c(c4)C(C)(C)c4cc(N(c6ccc(C(C)(C)C)cc6)c6cc7ccccc7c7ccccc67)ccc4-5)ccc2-3)c2cc3ccccc3c3ccccc23)cc1. The molecule has 0 heterocycles. The molecule has 2 aliphatic carbocycles. The van der Waals surface area contributed by atoms with E-state index in [4.69, 9.17) is 0 Å². The lowest BCUT2D eigenvalue weighted by atomic mass is 9.81. The Morgan fingerprint density at radius 1 is 0.293 bits per heavy atom. The lowest BCUT2D eigenvalue weighted by Gasteiger charge is -2.30. The molecule has 0 atom stereocenters. The van der Waals surface area contributed by atoms with Crippen LogP contribution in [0.2, 0.25) is 0 Å². The van der Waals surface area contributed by atoms with Crippen LogP contribution < -0.4 is 9.80 Å². The number of hydrogen-bond donors (Lipinski definition) is 0. The molecule has 0 spiro atoms. The molecule has 0 bridgehead atoms. The van der Waals surface area contributed by atoms with Crippen molar-refractivity contribution in [3.8, 4) is 22.3 Å². The molecule has 0 saturated heterocycles. The Morgan fingerprint density at radius 2 is 0.598 bits per heavy atom. The van der Waals surface area contributed by atoms with Crippen LogP contribution in [0.1, 0.15) is 114 Å². The van der Waals surface area contributed by atoms with Crippen molar-refractivity contribution in [1.82, 2.24) is 0 Å². The first-order valence-electron chi connectivity index (χ1n) is 29.3. The van der Waals surface area contributed by atoms with E-state index in [9.17, 15) is 0 Å². The van der Waals surface area contributed by atoms with Gasteiger partial charge in [-0.25, -0.2) is 0 Å². The molecule has 0 N–H and O–H groups in total. The van der Waals surface area contributed by atoms with Crippen LogP contribution in [-0.2, 0) is 21.7 Å². The van der Waals surface area contributed by atoms with E-state index in [2.05, 4.69) is 322 Å². The van der Waals surface area contributed by atoms with Gasteiger partial charge in [0.05, 0.1) is 11.4 Å². The summed E-state index contributed by atoms with van der Waals surface area (Å²) >= 11 is 0. The van der Waals surface area contributed by atoms with Crippen LogP contribution in [0.15, 0.2) is 231 Å². The van der Waals surface area contributed by atoms with E-state index in [0.717, 1.165) is 22.7 Å². The molecular weight excluding hydrogens is 989 g/mol. The van der Waals surface area contributed by atoms with Crippen LogP contribution in [0.3, 0.4) is 0 Å². The fourth-order valence-electron chi connectivity index (χ4n) is 13.7. The Hall–Kier alpha value is -8.98. The molecular formula is C80H70N2. The summed E-state index contributed by atoms with van der Waals surface area (Å²) in [5.41, 5.74) is 22.3. The van der Waals surface area contributed by atoms with Gasteiger partial charge in [0.1, 0.15) is 0 Å². The van der Waals surface area contributed by atoms with Crippen LogP contribution in [-0.4, -0.2) is 0 Å². The van der Waals surface area contributed by atoms with Gasteiger partial charge in [-0.05, 0) is 171 Å². The predicted octanol–water partition coefficient (Wildman–Crippen LogP) is 22.6. The van der Waals surface area contributed by atoms with Crippen LogP contribution >= 0.6 is 0 Å². The largest absolute Gasteiger partial charge is 0.310 e. The number of benzene rings is 12. The lowest BCUT2D eigenvalue weighted by Crippen LogP contribution is -2.17. The summed E-state index contributed by atoms with van der Waals surface area (Å²) in [7, 11) is 0. The van der Waals surface area contributed by atoms with Crippen LogP contribution in [0.5, 0.6) is 0 Å². The first kappa shape index (κ1) is 51.2. The van der Waals surface area contributed by atoms with Crippen molar-refractivity contribution in [3.05, 3.63) is 275 Å². The van der Waals surface area contributed by atoms with Gasteiger partial charge in [-0.3, -0.25) is 0 Å². The molecule has 2 nitrogen and oxygen atoms in total. The first-order valence-corrected chi connectivity index (χ1v) is 29.3. The van der Waals surface area contributed by atoms with Crippen LogP contribution in [0.4, 0.5) is 34.1 Å². The Kier molecular flexibility index (Phi) is 11.7. The van der Waals surface area contributed by atoms with Crippen molar-refractivity contribution in [3.63, 3.8) is 0 Å². The Labute approximate surface area is 484 Å². The van der Waals surface area contributed by atoms with Crippen LogP contribution in [0, 0.1) is 0 Å². The molecule has 0 radical (unpaired) electrons. The number of fused-ring (bicyclic) bond motifs is 12. The molecule has 82 heavy (non-hydrogen) atoms. The molecule has 12 aromatic rings. The fraction of sp³-hybridized carbons (Fsp3) is 0.175. The van der Waals surface area contributed by atoms with Crippen molar-refractivity contribution in [2.24, 2.45) is 0 Å². The molecule has 0 amide bonds. The Morgan fingerprint density at radius 3 is 0.963 bits per heavy atom. The van der Waals surface area contributed by atoms with Gasteiger partial charge in [-0.2, -0.15) is 0 Å². The monoisotopic (exact) mass is 1060 g/mol. The highest BCUT2D eigenvalue weighted by atomic mass is 15.1. The molecule has 0 saturated carbocycles. The summed E-state index contributed by atoms with van der Waals surface area (Å²) in [6.45, 7) is 23.3. The standard InChI is InChI=1S/C80H70N2/c1-77(2,3)55-31-35-57(36-32-55)81(75-47-53-19-11-13-21-61(53)63-23-15-17-25-69(63)75)59-39-43-67-65-41-29-51(45-71(65)79(7,8)73(67)49-59)27-28-52-30-42-66-68-44-40-60(50-74(68)80(9,10)72(66)46-52)82(58-37-33-56(34-38-58)78(4,5)6)76-48-54-20-12-14-22-62(54)64-24-16-18-26-70(64)76/h11-50H,1-10H3/b28-27+. The van der Waals surface area contributed by atoms with E-state index in [-0.39, 0.29) is 21.7 Å². The van der Waals surface area contributed by atoms with Gasteiger partial charge >= 0.3 is 0 Å². The lowest BCUT2D eigenvalue weighted by molar-refractivity contribution is 0.590. The summed E-state index contributed by atoms with van der Waals surface area (Å²) in [5.74, 6) is 0. The average Bonchev–Trinajstić information content (AvgIpc) is 3.04. The molecule has 14 rings (SSSR count). The van der Waals surface area contributed by atoms with E-state index < -0.39 is 0 Å². The van der Waals surface area contributed by atoms with Crippen LogP contribution in [0.25, 0.3) is 77.5 Å². The topological polar surface area (TPSA) is 6.48 Å². The molecule has 0 aromatic heterocycles. The maximum Gasteiger partial charge on any atom is 0.0546 e. The summed E-state index contributed by atoms with van der Waals surface area (Å²) in [5, 5.41) is 10.00. The molecule has 400 valence electrons. The third-order valence-electron chi connectivity index (χ3n) is 18.3. The maximum atomic E-state index is 2.49. The second-order valence-corrected chi connectivity index (χ2v) is 26.2. The molecule has 0 aliphatic heterocycles. The second kappa shape index (κ2) is 18.8. The molecule has 12 aromatic carbocycles. The number of hydrogen-bond acceptors (Lipinski definition) is 2. The molecule has 2 aliphatic rings. The maximum absolute atomic E-state index is 2.49. The third kappa shape index (κ3) is 8.37. The summed E-state index contributed by atoms with van der Waals surface area (Å²) in [6.07, 6.45) is 4.62. The van der Waals surface area contributed by atoms with Crippen molar-refractivity contribution >= 4 is 89.4 Å². The first-order chi connectivity index (χ1) is 39.4. The van der Waals surface area contributed by atoms with Crippen molar-refractivity contribution in [1.29, 1.82) is 0 Å². The van der Waals surface area contributed by atoms with Crippen molar-refractivity contribution in [2.45, 2.75) is 90.9 Å². The highest BCUT2D eigenvalue weighted by molar-refractivity contribution is 6.16. The quantitative estimate of drug-likeness (QED) is 0.111. The summed E-state index contributed by atoms with van der Waals surface area (Å²) in [4.78, 5) is 4.97. The Balaban J connectivity index is 0.791. The third-order valence-corrected chi connectivity index (χ3v) is 18.3. The zero-order valence-electron chi connectivity index (χ0n) is 49.0. The average molecular weight is 1060 g/mol. The van der Waals surface area contributed by atoms with E-state index >= 15 is 0 Å². The van der Waals surface area contributed by atoms with Gasteiger partial charge < -0.3 is 9.80 Å². The number of anilines is 6. The molecule has 2 heteroatoms. The van der Waals surface area contributed by atoms with E-state index in [1.54, 1.807) is 0 Å². The van der Waals surface area contributed by atoms with Gasteiger partial charge in [-0.1, -0.05) is 251 Å². The predicted molar refractivity (Wildman–Crippen MR) is 354 cm³/mol. The van der Waals surface area contributed by atoms with Crippen molar-refractivity contribution in [2.75, 3.05) is 9.80 Å². The minimum absolute atomic E-state index is 0.0488. The molecule has 0 unspecified atom stereocenters. The van der Waals surface area contributed by atoms with E-state index in [0.29, 0.717) is 0 Å². The van der Waals surface area contributed by atoms with Gasteiger partial charge in [0, 0.05) is 44.4 Å². The minimum atomic E-state index is -0.229. The number of nitrogens with zero attached hydrogens (tertiary/aromatic N) is 2. The smallest absolute Gasteiger partial charge is 0.0546 e. The summed E-state index contributed by atoms with van der Waals surface area (Å²) in [6, 6.07) is 87.1. The second-order valence-electron chi connectivity index (χ2n) is 26.2. The molecule has 0 fully saturated rings.